The molecule has 5 heteroatoms. The van der Waals surface area contributed by atoms with Gasteiger partial charge in [0.25, 0.3) is 0 Å². The van der Waals surface area contributed by atoms with Gasteiger partial charge in [-0.2, -0.15) is 5.10 Å². The first-order valence-electron chi connectivity index (χ1n) is 9.87. The van der Waals surface area contributed by atoms with E-state index < -0.39 is 0 Å². The Hall–Kier alpha value is -2.92. The lowest BCUT2D eigenvalue weighted by atomic mass is 10.1. The van der Waals surface area contributed by atoms with Gasteiger partial charge in [0.15, 0.2) is 0 Å². The monoisotopic (exact) mass is 376 g/mol. The Morgan fingerprint density at radius 1 is 1.07 bits per heavy atom. The smallest absolute Gasteiger partial charge is 0.221 e. The molecule has 0 saturated carbocycles. The van der Waals surface area contributed by atoms with Gasteiger partial charge in [-0.05, 0) is 25.5 Å². The Morgan fingerprint density at radius 3 is 2.43 bits per heavy atom. The number of rotatable bonds is 9. The highest BCUT2D eigenvalue weighted by Crippen LogP contribution is 2.23. The Bertz CT molecular complexity index is 874. The molecule has 0 saturated heterocycles. The summed E-state index contributed by atoms with van der Waals surface area (Å²) < 4.78 is 1.91. The minimum atomic E-state index is 0.0881. The Kier molecular flexibility index (Phi) is 6.98. The molecule has 0 aliphatic heterocycles. The molecule has 0 fully saturated rings. The van der Waals surface area contributed by atoms with Crippen molar-refractivity contribution in [1.29, 1.82) is 0 Å². The van der Waals surface area contributed by atoms with Crippen LogP contribution in [0, 0.1) is 0 Å². The van der Waals surface area contributed by atoms with E-state index in [1.807, 2.05) is 60.1 Å². The van der Waals surface area contributed by atoms with Crippen molar-refractivity contribution in [3.8, 4) is 16.9 Å². The van der Waals surface area contributed by atoms with E-state index >= 15 is 0 Å². The van der Waals surface area contributed by atoms with Crippen molar-refractivity contribution in [2.24, 2.45) is 0 Å². The van der Waals surface area contributed by atoms with Crippen LogP contribution in [0.25, 0.3) is 16.9 Å². The molecule has 1 aromatic heterocycles. The maximum Gasteiger partial charge on any atom is 0.221 e. The molecule has 0 aliphatic carbocycles. The predicted octanol–water partition coefficient (Wildman–Crippen LogP) is 3.93. The lowest BCUT2D eigenvalue weighted by molar-refractivity contribution is -0.121. The van der Waals surface area contributed by atoms with Gasteiger partial charge in [0.05, 0.1) is 11.4 Å². The summed E-state index contributed by atoms with van der Waals surface area (Å²) in [6.45, 7) is 5.38. The van der Waals surface area contributed by atoms with E-state index in [2.05, 4.69) is 35.9 Å². The third-order valence-corrected chi connectivity index (χ3v) is 4.72. The highest BCUT2D eigenvalue weighted by molar-refractivity contribution is 5.76. The normalized spacial score (nSPS) is 11.9. The molecule has 2 aromatic carbocycles. The van der Waals surface area contributed by atoms with E-state index in [9.17, 15) is 4.79 Å². The number of amides is 1. The van der Waals surface area contributed by atoms with Crippen molar-refractivity contribution in [2.45, 2.75) is 39.3 Å². The number of nitrogens with zero attached hydrogens (tertiary/aromatic N) is 2. The van der Waals surface area contributed by atoms with E-state index in [1.165, 1.54) is 0 Å². The third-order valence-electron chi connectivity index (χ3n) is 4.72. The first-order chi connectivity index (χ1) is 13.7. The summed E-state index contributed by atoms with van der Waals surface area (Å²) in [5.41, 5.74) is 4.18. The molecule has 2 N–H and O–H groups in total. The minimum absolute atomic E-state index is 0.0881. The van der Waals surface area contributed by atoms with Gasteiger partial charge in [-0.15, -0.1) is 0 Å². The fourth-order valence-corrected chi connectivity index (χ4v) is 2.97. The average molecular weight is 377 g/mol. The third kappa shape index (κ3) is 5.30. The average Bonchev–Trinajstić information content (AvgIpc) is 3.16. The number of para-hydroxylation sites is 1. The molecule has 0 bridgehead atoms. The van der Waals surface area contributed by atoms with Crippen LogP contribution < -0.4 is 10.6 Å². The summed E-state index contributed by atoms with van der Waals surface area (Å²) in [4.78, 5) is 11.9. The second-order valence-corrected chi connectivity index (χ2v) is 6.95. The predicted molar refractivity (Wildman–Crippen MR) is 113 cm³/mol. The van der Waals surface area contributed by atoms with Gasteiger partial charge in [-0.25, -0.2) is 4.68 Å². The molecule has 1 atom stereocenters. The Labute approximate surface area is 166 Å². The summed E-state index contributed by atoms with van der Waals surface area (Å²) in [6, 6.07) is 20.5. The molecule has 1 amide bonds. The van der Waals surface area contributed by atoms with Crippen LogP contribution in [0.5, 0.6) is 0 Å². The zero-order chi connectivity index (χ0) is 19.8. The lowest BCUT2D eigenvalue weighted by Crippen LogP contribution is -2.33. The number of hydrogen-bond acceptors (Lipinski definition) is 3. The van der Waals surface area contributed by atoms with Gasteiger partial charge >= 0.3 is 0 Å². The van der Waals surface area contributed by atoms with Gasteiger partial charge in [0.1, 0.15) is 0 Å². The van der Waals surface area contributed by atoms with E-state index in [0.29, 0.717) is 19.5 Å². The summed E-state index contributed by atoms with van der Waals surface area (Å²) >= 11 is 0. The largest absolute Gasteiger partial charge is 0.354 e. The zero-order valence-electron chi connectivity index (χ0n) is 16.6. The number of carbonyl (C=O) groups excluding carboxylic acids is 1. The standard InChI is InChI=1S/C23H28N4O/c1-3-18(2)25-22(28)14-15-24-16-20-17-27(21-12-8-5-9-13-21)26-23(20)19-10-6-4-7-11-19/h4-13,17-18,24H,3,14-16H2,1-2H3,(H,25,28). The van der Waals surface area contributed by atoms with E-state index in [1.54, 1.807) is 0 Å². The maximum absolute atomic E-state index is 11.9. The van der Waals surface area contributed by atoms with Gasteiger partial charge in [0, 0.05) is 42.9 Å². The van der Waals surface area contributed by atoms with Gasteiger partial charge in [-0.1, -0.05) is 55.5 Å². The zero-order valence-corrected chi connectivity index (χ0v) is 16.6. The SMILES string of the molecule is CCC(C)NC(=O)CCNCc1cn(-c2ccccc2)nc1-c1ccccc1. The molecule has 3 rings (SSSR count). The van der Waals surface area contributed by atoms with Crippen LogP contribution in [0.15, 0.2) is 66.9 Å². The highest BCUT2D eigenvalue weighted by Gasteiger charge is 2.12. The van der Waals surface area contributed by atoms with Crippen LogP contribution in [0.4, 0.5) is 0 Å². The Morgan fingerprint density at radius 2 is 1.75 bits per heavy atom. The van der Waals surface area contributed by atoms with Crippen molar-refractivity contribution in [3.05, 3.63) is 72.4 Å². The molecular weight excluding hydrogens is 348 g/mol. The van der Waals surface area contributed by atoms with Crippen LogP contribution in [0.3, 0.4) is 0 Å². The van der Waals surface area contributed by atoms with Crippen LogP contribution in [0.1, 0.15) is 32.3 Å². The fourth-order valence-electron chi connectivity index (χ4n) is 2.97. The molecular formula is C23H28N4O. The fraction of sp³-hybridized carbons (Fsp3) is 0.304. The highest BCUT2D eigenvalue weighted by atomic mass is 16.1. The second kappa shape index (κ2) is 9.85. The summed E-state index contributed by atoms with van der Waals surface area (Å²) in [6.07, 6.45) is 3.47. The molecule has 0 radical (unpaired) electrons. The van der Waals surface area contributed by atoms with Crippen molar-refractivity contribution < 1.29 is 4.79 Å². The minimum Gasteiger partial charge on any atom is -0.354 e. The molecule has 1 unspecified atom stereocenters. The first-order valence-corrected chi connectivity index (χ1v) is 9.87. The van der Waals surface area contributed by atoms with Crippen molar-refractivity contribution >= 4 is 5.91 Å². The van der Waals surface area contributed by atoms with Crippen molar-refractivity contribution in [3.63, 3.8) is 0 Å². The molecule has 3 aromatic rings. The van der Waals surface area contributed by atoms with Crippen molar-refractivity contribution in [1.82, 2.24) is 20.4 Å². The van der Waals surface area contributed by atoms with Gasteiger partial charge in [0.2, 0.25) is 5.91 Å². The summed E-state index contributed by atoms with van der Waals surface area (Å²) in [7, 11) is 0. The number of aromatic nitrogens is 2. The van der Waals surface area contributed by atoms with Gasteiger partial charge in [-0.3, -0.25) is 4.79 Å². The van der Waals surface area contributed by atoms with Gasteiger partial charge < -0.3 is 10.6 Å². The van der Waals surface area contributed by atoms with Crippen molar-refractivity contribution in [2.75, 3.05) is 6.54 Å². The molecule has 0 aliphatic rings. The Balaban J connectivity index is 1.69. The molecule has 28 heavy (non-hydrogen) atoms. The van der Waals surface area contributed by atoms with E-state index in [-0.39, 0.29) is 11.9 Å². The van der Waals surface area contributed by atoms with Crippen LogP contribution in [-0.4, -0.2) is 28.3 Å². The van der Waals surface area contributed by atoms with Crippen LogP contribution >= 0.6 is 0 Å². The first kappa shape index (κ1) is 19.8. The quantitative estimate of drug-likeness (QED) is 0.556. The molecule has 5 nitrogen and oxygen atoms in total. The molecule has 0 spiro atoms. The number of nitrogens with one attached hydrogen (secondary N) is 2. The number of hydrogen-bond donors (Lipinski definition) is 2. The maximum atomic E-state index is 11.9. The number of benzene rings is 2. The van der Waals surface area contributed by atoms with Crippen LogP contribution in [0.2, 0.25) is 0 Å². The van der Waals surface area contributed by atoms with Crippen LogP contribution in [-0.2, 0) is 11.3 Å². The summed E-state index contributed by atoms with van der Waals surface area (Å²) in [5.74, 6) is 0.0881. The lowest BCUT2D eigenvalue weighted by Gasteiger charge is -2.11. The second-order valence-electron chi connectivity index (χ2n) is 6.95. The number of carbonyl (C=O) groups is 1. The van der Waals surface area contributed by atoms with E-state index in [0.717, 1.165) is 28.9 Å². The molecule has 1 heterocycles. The van der Waals surface area contributed by atoms with E-state index in [4.69, 9.17) is 5.10 Å². The summed E-state index contributed by atoms with van der Waals surface area (Å²) in [5, 5.41) is 11.2. The molecule has 146 valence electrons. The topological polar surface area (TPSA) is 59.0 Å².